The summed E-state index contributed by atoms with van der Waals surface area (Å²) in [5.74, 6) is 0.825. The minimum Gasteiger partial charge on any atom is -0.494 e. The average molecular weight is 518 g/mol. The summed E-state index contributed by atoms with van der Waals surface area (Å²) in [6.07, 6.45) is -0.545. The number of halogens is 2. The Hall–Kier alpha value is -2.02. The van der Waals surface area contributed by atoms with E-state index in [1.54, 1.807) is 0 Å². The third kappa shape index (κ3) is 4.44. The molecule has 29 heavy (non-hydrogen) atoms. The molecule has 0 saturated heterocycles. The first kappa shape index (κ1) is 20.3. The van der Waals surface area contributed by atoms with Crippen LogP contribution in [0.25, 0.3) is 21.8 Å². The normalized spacial score (nSPS) is 12.4. The molecule has 4 nitrogen and oxygen atoms in total. The molecule has 2 N–H and O–H groups in total. The molecule has 1 unspecified atom stereocenters. The molecule has 0 amide bonds. The Balaban J connectivity index is 1.57. The number of nitrogens with zero attached hydrogens (tertiary/aromatic N) is 1. The van der Waals surface area contributed by atoms with Crippen LogP contribution >= 0.6 is 31.9 Å². The number of aliphatic hydroxyl groups excluding tert-OH is 1. The smallest absolute Gasteiger partial charge is 0.121 e. The topological polar surface area (TPSA) is 46.4 Å². The maximum atomic E-state index is 10.7. The van der Waals surface area contributed by atoms with Crippen molar-refractivity contribution in [2.75, 3.05) is 18.5 Å². The van der Waals surface area contributed by atoms with E-state index < -0.39 is 6.10 Å². The van der Waals surface area contributed by atoms with Crippen molar-refractivity contribution in [3.8, 4) is 5.75 Å². The number of fused-ring (bicyclic) bond motifs is 3. The molecule has 0 saturated carbocycles. The monoisotopic (exact) mass is 516 g/mol. The molecule has 0 aliphatic carbocycles. The lowest BCUT2D eigenvalue weighted by Crippen LogP contribution is -2.24. The highest BCUT2D eigenvalue weighted by molar-refractivity contribution is 9.10. The number of nitrogens with one attached hydrogen (secondary N) is 1. The quantitative estimate of drug-likeness (QED) is 0.307. The second kappa shape index (κ2) is 8.78. The molecule has 4 aromatic rings. The van der Waals surface area contributed by atoms with Crippen molar-refractivity contribution in [1.29, 1.82) is 0 Å². The van der Waals surface area contributed by atoms with Crippen molar-refractivity contribution in [2.24, 2.45) is 0 Å². The van der Waals surface area contributed by atoms with E-state index in [4.69, 9.17) is 4.74 Å². The van der Waals surface area contributed by atoms with Gasteiger partial charge < -0.3 is 19.7 Å². The second-order valence-electron chi connectivity index (χ2n) is 6.93. The molecule has 0 aliphatic heterocycles. The zero-order chi connectivity index (χ0) is 20.4. The molecule has 4 rings (SSSR count). The van der Waals surface area contributed by atoms with E-state index in [2.05, 4.69) is 66.0 Å². The number of aromatic nitrogens is 1. The molecular formula is C23H22Br2N2O2. The van der Waals surface area contributed by atoms with Gasteiger partial charge >= 0.3 is 0 Å². The predicted octanol–water partition coefficient (Wildman–Crippen LogP) is 6.19. The summed E-state index contributed by atoms with van der Waals surface area (Å²) in [5, 5.41) is 16.4. The number of hydrogen-bond acceptors (Lipinski definition) is 3. The fourth-order valence-electron chi connectivity index (χ4n) is 3.62. The number of ether oxygens (including phenoxy) is 1. The van der Waals surface area contributed by atoms with Crippen LogP contribution in [0.1, 0.15) is 6.92 Å². The number of benzene rings is 3. The fraction of sp³-hybridized carbons (Fsp3) is 0.217. The minimum atomic E-state index is -0.545. The zero-order valence-corrected chi connectivity index (χ0v) is 19.2. The predicted molar refractivity (Wildman–Crippen MR) is 127 cm³/mol. The third-order valence-corrected chi connectivity index (χ3v) is 5.86. The molecule has 0 bridgehead atoms. The minimum absolute atomic E-state index is 0.448. The number of anilines is 1. The van der Waals surface area contributed by atoms with Crippen LogP contribution in [-0.2, 0) is 6.54 Å². The Labute approximate surface area is 186 Å². The van der Waals surface area contributed by atoms with Crippen LogP contribution in [0.4, 0.5) is 5.69 Å². The van der Waals surface area contributed by atoms with Gasteiger partial charge in [-0.3, -0.25) is 0 Å². The van der Waals surface area contributed by atoms with Crippen LogP contribution in [-0.4, -0.2) is 28.9 Å². The molecule has 0 radical (unpaired) electrons. The summed E-state index contributed by atoms with van der Waals surface area (Å²) in [6, 6.07) is 20.3. The Bertz CT molecular complexity index is 1100. The first-order valence-electron chi connectivity index (χ1n) is 9.57. The molecule has 150 valence electrons. The summed E-state index contributed by atoms with van der Waals surface area (Å²) in [5.41, 5.74) is 3.16. The third-order valence-electron chi connectivity index (χ3n) is 4.87. The zero-order valence-electron chi connectivity index (χ0n) is 16.0. The lowest BCUT2D eigenvalue weighted by Gasteiger charge is -2.16. The van der Waals surface area contributed by atoms with Gasteiger partial charge in [0.2, 0.25) is 0 Å². The molecular weight excluding hydrogens is 496 g/mol. The van der Waals surface area contributed by atoms with Gasteiger partial charge in [-0.25, -0.2) is 0 Å². The highest BCUT2D eigenvalue weighted by atomic mass is 79.9. The first-order valence-corrected chi connectivity index (χ1v) is 11.2. The summed E-state index contributed by atoms with van der Waals surface area (Å²) in [4.78, 5) is 0. The van der Waals surface area contributed by atoms with E-state index >= 15 is 0 Å². The Morgan fingerprint density at radius 1 is 0.966 bits per heavy atom. The summed E-state index contributed by atoms with van der Waals surface area (Å²) >= 11 is 7.15. The van der Waals surface area contributed by atoms with Crippen molar-refractivity contribution in [2.45, 2.75) is 19.6 Å². The van der Waals surface area contributed by atoms with Crippen LogP contribution in [0.3, 0.4) is 0 Å². The van der Waals surface area contributed by atoms with Crippen molar-refractivity contribution in [3.63, 3.8) is 0 Å². The number of hydrogen-bond donors (Lipinski definition) is 2. The van der Waals surface area contributed by atoms with E-state index in [1.807, 2.05) is 43.3 Å². The molecule has 0 aliphatic rings. The summed E-state index contributed by atoms with van der Waals surface area (Å²) in [6.45, 7) is 3.55. The van der Waals surface area contributed by atoms with Crippen LogP contribution in [0.5, 0.6) is 5.75 Å². The first-order chi connectivity index (χ1) is 14.0. The van der Waals surface area contributed by atoms with Gasteiger partial charge in [0.25, 0.3) is 0 Å². The number of aliphatic hydroxyl groups is 1. The van der Waals surface area contributed by atoms with Crippen LogP contribution in [0, 0.1) is 0 Å². The molecule has 1 atom stereocenters. The molecule has 0 spiro atoms. The maximum Gasteiger partial charge on any atom is 0.121 e. The fourth-order valence-corrected chi connectivity index (χ4v) is 4.34. The Morgan fingerprint density at radius 3 is 2.24 bits per heavy atom. The Kier molecular flexibility index (Phi) is 6.13. The Morgan fingerprint density at radius 2 is 1.62 bits per heavy atom. The van der Waals surface area contributed by atoms with Gasteiger partial charge in [0, 0.05) is 49.0 Å². The van der Waals surface area contributed by atoms with Crippen molar-refractivity contribution >= 4 is 59.4 Å². The standard InChI is InChI=1S/C23H22Br2N2O2/c1-2-29-19-5-3-4-17(12-19)26-13-18(28)14-27-22-8-6-15(24)10-20(22)21-11-16(25)7-9-23(21)27/h3-12,18,26,28H,2,13-14H2,1H3. The molecule has 1 aromatic heterocycles. The van der Waals surface area contributed by atoms with Gasteiger partial charge in [0.1, 0.15) is 5.75 Å². The largest absolute Gasteiger partial charge is 0.494 e. The van der Waals surface area contributed by atoms with E-state index in [-0.39, 0.29) is 0 Å². The van der Waals surface area contributed by atoms with E-state index in [0.29, 0.717) is 19.7 Å². The summed E-state index contributed by atoms with van der Waals surface area (Å²) < 4.78 is 9.81. The van der Waals surface area contributed by atoms with Crippen LogP contribution in [0.15, 0.2) is 69.6 Å². The van der Waals surface area contributed by atoms with Gasteiger partial charge in [-0.2, -0.15) is 0 Å². The molecule has 0 fully saturated rings. The van der Waals surface area contributed by atoms with Crippen molar-refractivity contribution in [3.05, 3.63) is 69.6 Å². The highest BCUT2D eigenvalue weighted by Gasteiger charge is 2.14. The highest BCUT2D eigenvalue weighted by Crippen LogP contribution is 2.33. The van der Waals surface area contributed by atoms with Gasteiger partial charge in [-0.1, -0.05) is 37.9 Å². The molecule has 1 heterocycles. The lowest BCUT2D eigenvalue weighted by molar-refractivity contribution is 0.169. The van der Waals surface area contributed by atoms with Crippen LogP contribution < -0.4 is 10.1 Å². The van der Waals surface area contributed by atoms with Gasteiger partial charge in [0.15, 0.2) is 0 Å². The van der Waals surface area contributed by atoms with Gasteiger partial charge in [-0.15, -0.1) is 0 Å². The molecule has 3 aromatic carbocycles. The lowest BCUT2D eigenvalue weighted by atomic mass is 10.2. The van der Waals surface area contributed by atoms with Crippen molar-refractivity contribution < 1.29 is 9.84 Å². The summed E-state index contributed by atoms with van der Waals surface area (Å²) in [7, 11) is 0. The maximum absolute atomic E-state index is 10.7. The van der Waals surface area contributed by atoms with Gasteiger partial charge in [-0.05, 0) is 55.5 Å². The van der Waals surface area contributed by atoms with Gasteiger partial charge in [0.05, 0.1) is 19.3 Å². The van der Waals surface area contributed by atoms with Crippen LogP contribution in [0.2, 0.25) is 0 Å². The van der Waals surface area contributed by atoms with E-state index in [9.17, 15) is 5.11 Å². The second-order valence-corrected chi connectivity index (χ2v) is 8.76. The molecule has 6 heteroatoms. The number of rotatable bonds is 7. The SMILES string of the molecule is CCOc1cccc(NCC(O)Cn2c3ccc(Br)cc3c3cc(Br)ccc32)c1. The van der Waals surface area contributed by atoms with E-state index in [1.165, 1.54) is 10.8 Å². The van der Waals surface area contributed by atoms with E-state index in [0.717, 1.165) is 31.4 Å². The average Bonchev–Trinajstić information content (AvgIpc) is 2.99. The van der Waals surface area contributed by atoms with Crippen molar-refractivity contribution in [1.82, 2.24) is 4.57 Å².